The van der Waals surface area contributed by atoms with Crippen LogP contribution in [0.2, 0.25) is 0 Å². The Bertz CT molecular complexity index is 551. The fourth-order valence-corrected chi connectivity index (χ4v) is 1.57. The maximum Gasteiger partial charge on any atom is 0.354 e. The molecule has 2 rings (SSSR count). The van der Waals surface area contributed by atoms with E-state index in [2.05, 4.69) is 15.4 Å². The van der Waals surface area contributed by atoms with Crippen LogP contribution in [0.1, 0.15) is 21.9 Å². The largest absolute Gasteiger partial charge is 0.477 e. The Morgan fingerprint density at radius 3 is 2.78 bits per heavy atom. The van der Waals surface area contributed by atoms with Crippen molar-refractivity contribution in [2.24, 2.45) is 7.05 Å². The molecule has 2 N–H and O–H groups in total. The van der Waals surface area contributed by atoms with Gasteiger partial charge in [-0.15, -0.1) is 0 Å². The molecule has 0 atom stereocenters. The molecule has 2 heterocycles. The van der Waals surface area contributed by atoms with Crippen LogP contribution in [-0.2, 0) is 20.1 Å². The molecule has 0 bridgehead atoms. The number of nitrogens with zero attached hydrogens (tertiary/aromatic N) is 3. The van der Waals surface area contributed by atoms with Crippen molar-refractivity contribution in [3.63, 3.8) is 0 Å². The maximum absolute atomic E-state index is 10.8. The summed E-state index contributed by atoms with van der Waals surface area (Å²) >= 11 is 0. The van der Waals surface area contributed by atoms with Crippen LogP contribution in [0.15, 0.2) is 30.5 Å². The second kappa shape index (κ2) is 5.42. The summed E-state index contributed by atoms with van der Waals surface area (Å²) in [6.45, 7) is 1.14. The van der Waals surface area contributed by atoms with E-state index in [1.165, 1.54) is 6.07 Å². The Hall–Kier alpha value is -2.21. The summed E-state index contributed by atoms with van der Waals surface area (Å²) in [4.78, 5) is 14.8. The van der Waals surface area contributed by atoms with Gasteiger partial charge in [0.15, 0.2) is 0 Å². The first-order valence-corrected chi connectivity index (χ1v) is 5.53. The minimum absolute atomic E-state index is 0.0622. The van der Waals surface area contributed by atoms with Gasteiger partial charge in [0.05, 0.1) is 11.4 Å². The highest BCUT2D eigenvalue weighted by atomic mass is 16.4. The highest BCUT2D eigenvalue weighted by Crippen LogP contribution is 2.00. The number of hydrogen-bond donors (Lipinski definition) is 2. The number of aryl methyl sites for hydroxylation is 1. The number of carboxylic acid groups (broad SMARTS) is 1. The molecule has 0 saturated heterocycles. The first-order valence-electron chi connectivity index (χ1n) is 5.53. The number of pyridine rings is 1. The maximum atomic E-state index is 10.8. The van der Waals surface area contributed by atoms with Gasteiger partial charge in [-0.2, -0.15) is 5.10 Å². The summed E-state index contributed by atoms with van der Waals surface area (Å²) in [7, 11) is 1.86. The molecule has 2 aromatic rings. The van der Waals surface area contributed by atoms with Crippen LogP contribution in [0.4, 0.5) is 0 Å². The van der Waals surface area contributed by atoms with E-state index in [4.69, 9.17) is 5.11 Å². The standard InChI is InChI=1S/C12H14N4O2/c1-16-6-5-10(15-16)8-13-7-9-3-2-4-11(14-9)12(17)18/h2-6,13H,7-8H2,1H3,(H,17,18). The summed E-state index contributed by atoms with van der Waals surface area (Å²) in [6, 6.07) is 6.88. The molecule has 0 unspecified atom stereocenters. The topological polar surface area (TPSA) is 80.0 Å². The Morgan fingerprint density at radius 1 is 1.33 bits per heavy atom. The lowest BCUT2D eigenvalue weighted by molar-refractivity contribution is 0.0690. The van der Waals surface area contributed by atoms with E-state index in [1.54, 1.807) is 16.8 Å². The molecule has 6 heteroatoms. The highest BCUT2D eigenvalue weighted by molar-refractivity contribution is 5.85. The van der Waals surface area contributed by atoms with Gasteiger partial charge in [-0.1, -0.05) is 6.07 Å². The van der Waals surface area contributed by atoms with Crippen LogP contribution in [0.25, 0.3) is 0 Å². The molecule has 18 heavy (non-hydrogen) atoms. The minimum atomic E-state index is -1.01. The lowest BCUT2D eigenvalue weighted by atomic mass is 10.3. The first kappa shape index (κ1) is 12.3. The third-order valence-electron chi connectivity index (χ3n) is 2.41. The third-order valence-corrected chi connectivity index (χ3v) is 2.41. The molecule has 0 aromatic carbocycles. The van der Waals surface area contributed by atoms with Crippen molar-refractivity contribution in [3.8, 4) is 0 Å². The van der Waals surface area contributed by atoms with Gasteiger partial charge in [-0.3, -0.25) is 4.68 Å². The van der Waals surface area contributed by atoms with E-state index >= 15 is 0 Å². The summed E-state index contributed by atoms with van der Waals surface area (Å²) in [5, 5.41) is 16.2. The fraction of sp³-hybridized carbons (Fsp3) is 0.250. The van der Waals surface area contributed by atoms with E-state index in [9.17, 15) is 4.79 Å². The molecule has 0 amide bonds. The van der Waals surface area contributed by atoms with Crippen molar-refractivity contribution < 1.29 is 9.90 Å². The average Bonchev–Trinajstić information content (AvgIpc) is 2.75. The van der Waals surface area contributed by atoms with E-state index in [0.717, 1.165) is 5.69 Å². The molecule has 0 aliphatic rings. The SMILES string of the molecule is Cn1ccc(CNCc2cccc(C(=O)O)n2)n1. The van der Waals surface area contributed by atoms with Gasteiger partial charge in [0.1, 0.15) is 5.69 Å². The molecule has 0 spiro atoms. The van der Waals surface area contributed by atoms with E-state index < -0.39 is 5.97 Å². The highest BCUT2D eigenvalue weighted by Gasteiger charge is 2.04. The zero-order valence-electron chi connectivity index (χ0n) is 10.00. The molecule has 2 aromatic heterocycles. The number of aromatic carboxylic acids is 1. The Kier molecular flexibility index (Phi) is 3.69. The predicted molar refractivity (Wildman–Crippen MR) is 64.9 cm³/mol. The van der Waals surface area contributed by atoms with Crippen LogP contribution < -0.4 is 5.32 Å². The van der Waals surface area contributed by atoms with E-state index in [-0.39, 0.29) is 5.69 Å². The smallest absolute Gasteiger partial charge is 0.354 e. The van der Waals surface area contributed by atoms with Gasteiger partial charge in [0.25, 0.3) is 0 Å². The molecule has 0 aliphatic carbocycles. The van der Waals surface area contributed by atoms with Crippen molar-refractivity contribution in [1.82, 2.24) is 20.1 Å². The average molecular weight is 246 g/mol. The lowest BCUT2D eigenvalue weighted by Gasteiger charge is -2.03. The molecule has 94 valence electrons. The molecule has 0 radical (unpaired) electrons. The van der Waals surface area contributed by atoms with E-state index in [1.807, 2.05) is 19.3 Å². The zero-order valence-corrected chi connectivity index (χ0v) is 10.00. The van der Waals surface area contributed by atoms with Crippen LogP contribution in [0, 0.1) is 0 Å². The number of carboxylic acids is 1. The zero-order chi connectivity index (χ0) is 13.0. The molecular weight excluding hydrogens is 232 g/mol. The summed E-state index contributed by atoms with van der Waals surface area (Å²) in [5.41, 5.74) is 1.70. The summed E-state index contributed by atoms with van der Waals surface area (Å²) in [6.07, 6.45) is 1.88. The van der Waals surface area contributed by atoms with Gasteiger partial charge >= 0.3 is 5.97 Å². The normalized spacial score (nSPS) is 10.5. The Labute approximate surface area is 104 Å². The molecule has 6 nitrogen and oxygen atoms in total. The number of aromatic nitrogens is 3. The quantitative estimate of drug-likeness (QED) is 0.815. The van der Waals surface area contributed by atoms with Gasteiger partial charge in [-0.25, -0.2) is 9.78 Å². The Balaban J connectivity index is 1.90. The predicted octanol–water partition coefficient (Wildman–Crippen LogP) is 0.803. The summed E-state index contributed by atoms with van der Waals surface area (Å²) in [5.74, 6) is -1.01. The van der Waals surface area contributed by atoms with Crippen LogP contribution >= 0.6 is 0 Å². The molecule has 0 aliphatic heterocycles. The number of rotatable bonds is 5. The lowest BCUT2D eigenvalue weighted by Crippen LogP contribution is -2.15. The van der Waals surface area contributed by atoms with Gasteiger partial charge in [0.2, 0.25) is 0 Å². The number of nitrogens with one attached hydrogen (secondary N) is 1. The molecule has 0 saturated carbocycles. The molecule has 0 fully saturated rings. The van der Waals surface area contributed by atoms with Crippen LogP contribution in [0.3, 0.4) is 0 Å². The second-order valence-electron chi connectivity index (χ2n) is 3.90. The van der Waals surface area contributed by atoms with Crippen molar-refractivity contribution in [1.29, 1.82) is 0 Å². The second-order valence-corrected chi connectivity index (χ2v) is 3.90. The van der Waals surface area contributed by atoms with Crippen LogP contribution in [0.5, 0.6) is 0 Å². The number of carbonyl (C=O) groups is 1. The third kappa shape index (κ3) is 3.14. The van der Waals surface area contributed by atoms with Gasteiger partial charge in [-0.05, 0) is 18.2 Å². The fourth-order valence-electron chi connectivity index (χ4n) is 1.57. The van der Waals surface area contributed by atoms with Crippen molar-refractivity contribution in [2.75, 3.05) is 0 Å². The summed E-state index contributed by atoms with van der Waals surface area (Å²) < 4.78 is 1.74. The number of hydrogen-bond acceptors (Lipinski definition) is 4. The monoisotopic (exact) mass is 246 g/mol. The van der Waals surface area contributed by atoms with Crippen molar-refractivity contribution in [2.45, 2.75) is 13.1 Å². The van der Waals surface area contributed by atoms with Gasteiger partial charge in [0, 0.05) is 26.3 Å². The van der Waals surface area contributed by atoms with Gasteiger partial charge < -0.3 is 10.4 Å². The Morgan fingerprint density at radius 2 is 2.11 bits per heavy atom. The minimum Gasteiger partial charge on any atom is -0.477 e. The van der Waals surface area contributed by atoms with Crippen LogP contribution in [-0.4, -0.2) is 25.8 Å². The van der Waals surface area contributed by atoms with E-state index in [0.29, 0.717) is 18.8 Å². The van der Waals surface area contributed by atoms with Crippen molar-refractivity contribution >= 4 is 5.97 Å². The first-order chi connectivity index (χ1) is 8.65. The molecular formula is C12H14N4O2. The van der Waals surface area contributed by atoms with Crippen molar-refractivity contribution in [3.05, 3.63) is 47.5 Å².